The number of alkyl halides is 3. The first-order chi connectivity index (χ1) is 12.5. The minimum absolute atomic E-state index is 0.229. The van der Waals surface area contributed by atoms with E-state index in [1.807, 2.05) is 0 Å². The molecule has 0 bridgehead atoms. The Kier molecular flexibility index (Phi) is 8.32. The second kappa shape index (κ2) is 9.97. The Morgan fingerprint density at radius 1 is 1.19 bits per heavy atom. The van der Waals surface area contributed by atoms with Gasteiger partial charge in [0, 0.05) is 5.02 Å². The number of methoxy groups -OCH3 is 1. The molecule has 4 amide bonds. The van der Waals surface area contributed by atoms with Crippen LogP contribution in [0.25, 0.3) is 0 Å². The van der Waals surface area contributed by atoms with Gasteiger partial charge >= 0.3 is 12.2 Å². The highest BCUT2D eigenvalue weighted by Crippen LogP contribution is 2.27. The van der Waals surface area contributed by atoms with Gasteiger partial charge in [0.1, 0.15) is 12.3 Å². The first-order valence-corrected chi connectivity index (χ1v) is 7.84. The third-order valence-electron chi connectivity index (χ3n) is 2.97. The summed E-state index contributed by atoms with van der Waals surface area (Å²) in [6, 6.07) is 3.35. The van der Waals surface area contributed by atoms with Crippen LogP contribution in [-0.4, -0.2) is 62.7 Å². The van der Waals surface area contributed by atoms with Crippen molar-refractivity contribution in [2.24, 2.45) is 0 Å². The first-order valence-electron chi connectivity index (χ1n) is 7.46. The van der Waals surface area contributed by atoms with Crippen LogP contribution in [0.1, 0.15) is 0 Å². The number of halogens is 4. The van der Waals surface area contributed by atoms with Gasteiger partial charge in [-0.15, -0.1) is 0 Å². The minimum atomic E-state index is -4.59. The lowest BCUT2D eigenvalue weighted by Gasteiger charge is -2.17. The summed E-state index contributed by atoms with van der Waals surface area (Å²) in [4.78, 5) is 36.1. The van der Waals surface area contributed by atoms with Gasteiger partial charge in [-0.25, -0.2) is 4.79 Å². The van der Waals surface area contributed by atoms with Gasteiger partial charge in [0.05, 0.1) is 25.9 Å². The first kappa shape index (κ1) is 22.5. The number of benzene rings is 1. The molecule has 150 valence electrons. The van der Waals surface area contributed by atoms with E-state index < -0.39 is 30.6 Å². The van der Waals surface area contributed by atoms with Gasteiger partial charge in [-0.05, 0) is 25.2 Å². The van der Waals surface area contributed by atoms with Crippen LogP contribution in [0.3, 0.4) is 0 Å². The van der Waals surface area contributed by atoms with Gasteiger partial charge in [0.15, 0.2) is 0 Å². The van der Waals surface area contributed by atoms with Crippen LogP contribution >= 0.6 is 11.6 Å². The zero-order chi connectivity index (χ0) is 20.6. The summed E-state index contributed by atoms with van der Waals surface area (Å²) in [5.41, 5.74) is 0.333. The molecule has 12 heteroatoms. The third kappa shape index (κ3) is 9.11. The fourth-order valence-corrected chi connectivity index (χ4v) is 2.08. The summed E-state index contributed by atoms with van der Waals surface area (Å²) in [5, 5.41) is 6.17. The zero-order valence-corrected chi connectivity index (χ0v) is 15.2. The molecule has 0 atom stereocenters. The Hall–Kier alpha value is -2.53. The number of ether oxygens (including phenoxy) is 1. The van der Waals surface area contributed by atoms with E-state index in [9.17, 15) is 27.6 Å². The number of imide groups is 1. The van der Waals surface area contributed by atoms with Crippen LogP contribution in [0.15, 0.2) is 18.2 Å². The Morgan fingerprint density at radius 3 is 2.41 bits per heavy atom. The normalized spacial score (nSPS) is 11.1. The number of anilines is 1. The van der Waals surface area contributed by atoms with Crippen molar-refractivity contribution in [3.63, 3.8) is 0 Å². The predicted molar refractivity (Wildman–Crippen MR) is 91.7 cm³/mol. The Balaban J connectivity index is 2.46. The van der Waals surface area contributed by atoms with E-state index in [1.54, 1.807) is 17.4 Å². The highest BCUT2D eigenvalue weighted by Gasteiger charge is 2.28. The van der Waals surface area contributed by atoms with Gasteiger partial charge in [-0.2, -0.15) is 13.2 Å². The number of likely N-dealkylation sites (N-methyl/N-ethyl adjacent to an activating group) is 1. The molecule has 0 aliphatic rings. The largest absolute Gasteiger partial charge is 0.495 e. The monoisotopic (exact) mass is 410 g/mol. The van der Waals surface area contributed by atoms with Crippen molar-refractivity contribution in [1.29, 1.82) is 0 Å². The summed E-state index contributed by atoms with van der Waals surface area (Å²) in [6.07, 6.45) is -4.59. The minimum Gasteiger partial charge on any atom is -0.495 e. The number of urea groups is 1. The number of rotatable bonds is 7. The molecule has 0 aliphatic heterocycles. The lowest BCUT2D eigenvalue weighted by molar-refractivity contribution is -0.125. The summed E-state index contributed by atoms with van der Waals surface area (Å²) in [6.45, 7) is -2.18. The molecular formula is C15H18ClF3N4O4. The van der Waals surface area contributed by atoms with Crippen LogP contribution in [0.4, 0.5) is 23.7 Å². The Morgan fingerprint density at radius 2 is 1.81 bits per heavy atom. The molecule has 0 saturated heterocycles. The highest BCUT2D eigenvalue weighted by molar-refractivity contribution is 6.31. The third-order valence-corrected chi connectivity index (χ3v) is 3.20. The van der Waals surface area contributed by atoms with Crippen molar-refractivity contribution >= 4 is 35.1 Å². The summed E-state index contributed by atoms with van der Waals surface area (Å²) < 4.78 is 41.0. The molecular weight excluding hydrogens is 393 g/mol. The van der Waals surface area contributed by atoms with E-state index in [0.717, 1.165) is 0 Å². The van der Waals surface area contributed by atoms with E-state index in [-0.39, 0.29) is 13.1 Å². The fourth-order valence-electron chi connectivity index (χ4n) is 1.90. The molecule has 1 aromatic carbocycles. The van der Waals surface area contributed by atoms with E-state index in [0.29, 0.717) is 16.5 Å². The maximum Gasteiger partial charge on any atom is 0.405 e. The molecule has 0 aromatic heterocycles. The van der Waals surface area contributed by atoms with Crippen LogP contribution in [0.2, 0.25) is 5.02 Å². The van der Waals surface area contributed by atoms with Crippen LogP contribution in [0.5, 0.6) is 5.75 Å². The smallest absolute Gasteiger partial charge is 0.405 e. The maximum absolute atomic E-state index is 12.0. The molecule has 3 N–H and O–H groups in total. The lowest BCUT2D eigenvalue weighted by atomic mass is 10.3. The standard InChI is InChI=1S/C15H18ClF3N4O4/c1-23(7-13(25)22-14(26)20-8-15(17,18)19)6-12(24)21-10-5-9(16)3-4-11(10)27-2/h3-5H,6-8H2,1-2H3,(H,21,24)(H2,20,22,25,26). The molecule has 27 heavy (non-hydrogen) atoms. The van der Waals surface area contributed by atoms with Gasteiger partial charge in [0.2, 0.25) is 11.8 Å². The van der Waals surface area contributed by atoms with E-state index >= 15 is 0 Å². The second-order valence-electron chi connectivity index (χ2n) is 5.41. The Labute approximate surface area is 158 Å². The van der Waals surface area contributed by atoms with Crippen molar-refractivity contribution in [3.05, 3.63) is 23.2 Å². The van der Waals surface area contributed by atoms with E-state index in [1.165, 1.54) is 30.4 Å². The molecule has 1 rings (SSSR count). The van der Waals surface area contributed by atoms with Gasteiger partial charge in [-0.3, -0.25) is 19.8 Å². The van der Waals surface area contributed by atoms with E-state index in [2.05, 4.69) is 5.32 Å². The topological polar surface area (TPSA) is 99.8 Å². The summed E-state index contributed by atoms with van der Waals surface area (Å²) >= 11 is 5.86. The molecule has 0 aliphatic carbocycles. The molecule has 1 aromatic rings. The van der Waals surface area contributed by atoms with Crippen molar-refractivity contribution in [1.82, 2.24) is 15.5 Å². The SMILES string of the molecule is COc1ccc(Cl)cc1NC(=O)CN(C)CC(=O)NC(=O)NCC(F)(F)F. The van der Waals surface area contributed by atoms with Gasteiger partial charge in [0.25, 0.3) is 0 Å². The zero-order valence-electron chi connectivity index (χ0n) is 14.4. The fraction of sp³-hybridized carbons (Fsp3) is 0.400. The molecule has 0 radical (unpaired) electrons. The number of nitrogens with zero attached hydrogens (tertiary/aromatic N) is 1. The van der Waals surface area contributed by atoms with Crippen LogP contribution < -0.4 is 20.7 Å². The van der Waals surface area contributed by atoms with Crippen LogP contribution in [0, 0.1) is 0 Å². The van der Waals surface area contributed by atoms with Crippen molar-refractivity contribution in [2.75, 3.05) is 39.1 Å². The molecule has 0 fully saturated rings. The number of nitrogens with one attached hydrogen (secondary N) is 3. The highest BCUT2D eigenvalue weighted by atomic mass is 35.5. The number of hydrogen-bond acceptors (Lipinski definition) is 5. The number of amides is 4. The Bertz CT molecular complexity index is 700. The maximum atomic E-state index is 12.0. The molecule has 0 spiro atoms. The summed E-state index contributed by atoms with van der Waals surface area (Å²) in [7, 11) is 2.83. The summed E-state index contributed by atoms with van der Waals surface area (Å²) in [5.74, 6) is -0.979. The molecule has 0 heterocycles. The van der Waals surface area contributed by atoms with Crippen molar-refractivity contribution < 1.29 is 32.3 Å². The molecule has 0 unspecified atom stereocenters. The average molecular weight is 411 g/mol. The predicted octanol–water partition coefficient (Wildman–Crippen LogP) is 1.61. The molecule has 8 nitrogen and oxygen atoms in total. The quantitative estimate of drug-likeness (QED) is 0.634. The van der Waals surface area contributed by atoms with Crippen molar-refractivity contribution in [3.8, 4) is 5.75 Å². The average Bonchev–Trinajstić information content (AvgIpc) is 2.52. The number of hydrogen-bond donors (Lipinski definition) is 3. The van der Waals surface area contributed by atoms with E-state index in [4.69, 9.17) is 16.3 Å². The number of carbonyl (C=O) groups excluding carboxylic acids is 3. The van der Waals surface area contributed by atoms with Gasteiger partial charge in [-0.1, -0.05) is 11.6 Å². The molecule has 0 saturated carbocycles. The van der Waals surface area contributed by atoms with Gasteiger partial charge < -0.3 is 15.4 Å². The van der Waals surface area contributed by atoms with Crippen LogP contribution in [-0.2, 0) is 9.59 Å². The van der Waals surface area contributed by atoms with Crippen molar-refractivity contribution in [2.45, 2.75) is 6.18 Å². The second-order valence-corrected chi connectivity index (χ2v) is 5.85. The number of carbonyl (C=O) groups is 3. The lowest BCUT2D eigenvalue weighted by Crippen LogP contribution is -2.47.